The molecule has 0 saturated heterocycles. The van der Waals surface area contributed by atoms with E-state index >= 15 is 0 Å². The predicted octanol–water partition coefficient (Wildman–Crippen LogP) is 2.05. The van der Waals surface area contributed by atoms with E-state index in [1.54, 1.807) is 12.1 Å². The second kappa shape index (κ2) is 7.73. The lowest BCUT2D eigenvalue weighted by Crippen LogP contribution is -2.35. The van der Waals surface area contributed by atoms with E-state index in [-0.39, 0.29) is 30.0 Å². The maximum Gasteiger partial charge on any atom is 0.269 e. The summed E-state index contributed by atoms with van der Waals surface area (Å²) in [4.78, 5) is 21.9. The van der Waals surface area contributed by atoms with Gasteiger partial charge in [0.2, 0.25) is 5.91 Å². The van der Waals surface area contributed by atoms with Crippen molar-refractivity contribution < 1.29 is 14.8 Å². The quantitative estimate of drug-likeness (QED) is 0.567. The standard InChI is InChI=1S/C15H22N2O4/c1-15(2,8-3-9-18)11-16-14(19)10-12-4-6-13(7-5-12)17(20)21/h4-7,18H,3,8-11H2,1-2H3,(H,16,19). The van der Waals surface area contributed by atoms with E-state index in [0.717, 1.165) is 12.0 Å². The van der Waals surface area contributed by atoms with Crippen LogP contribution in [0, 0.1) is 15.5 Å². The van der Waals surface area contributed by atoms with Crippen LogP contribution in [0.4, 0.5) is 5.69 Å². The Hall–Kier alpha value is -1.95. The second-order valence-corrected chi connectivity index (χ2v) is 5.87. The number of non-ortho nitro benzene ring substituents is 1. The van der Waals surface area contributed by atoms with Crippen LogP contribution in [0.1, 0.15) is 32.3 Å². The number of aliphatic hydroxyl groups excluding tert-OH is 1. The lowest BCUT2D eigenvalue weighted by Gasteiger charge is -2.24. The highest BCUT2D eigenvalue weighted by Crippen LogP contribution is 2.20. The molecule has 0 spiro atoms. The highest BCUT2D eigenvalue weighted by atomic mass is 16.6. The highest BCUT2D eigenvalue weighted by Gasteiger charge is 2.18. The molecule has 21 heavy (non-hydrogen) atoms. The third-order valence-corrected chi connectivity index (χ3v) is 3.29. The Morgan fingerprint density at radius 1 is 1.33 bits per heavy atom. The fourth-order valence-electron chi connectivity index (χ4n) is 1.97. The number of hydrogen-bond donors (Lipinski definition) is 2. The van der Waals surface area contributed by atoms with Gasteiger partial charge in [-0.25, -0.2) is 0 Å². The fraction of sp³-hybridized carbons (Fsp3) is 0.533. The van der Waals surface area contributed by atoms with Crippen molar-refractivity contribution in [3.8, 4) is 0 Å². The molecular weight excluding hydrogens is 272 g/mol. The first-order valence-corrected chi connectivity index (χ1v) is 6.95. The average Bonchev–Trinajstić information content (AvgIpc) is 2.44. The van der Waals surface area contributed by atoms with Crippen LogP contribution in [-0.2, 0) is 11.2 Å². The minimum Gasteiger partial charge on any atom is -0.396 e. The Morgan fingerprint density at radius 2 is 1.95 bits per heavy atom. The number of rotatable bonds is 8. The van der Waals surface area contributed by atoms with Crippen molar-refractivity contribution in [2.24, 2.45) is 5.41 Å². The van der Waals surface area contributed by atoms with Gasteiger partial charge in [0.15, 0.2) is 0 Å². The van der Waals surface area contributed by atoms with Crippen molar-refractivity contribution in [1.29, 1.82) is 0 Å². The Labute approximate surface area is 124 Å². The van der Waals surface area contributed by atoms with Gasteiger partial charge in [-0.3, -0.25) is 14.9 Å². The van der Waals surface area contributed by atoms with Gasteiger partial charge in [0.1, 0.15) is 0 Å². The Balaban J connectivity index is 2.45. The number of hydrogen-bond acceptors (Lipinski definition) is 4. The molecule has 116 valence electrons. The second-order valence-electron chi connectivity index (χ2n) is 5.87. The molecule has 0 aliphatic heterocycles. The number of amides is 1. The fourth-order valence-corrected chi connectivity index (χ4v) is 1.97. The topological polar surface area (TPSA) is 92.5 Å². The smallest absolute Gasteiger partial charge is 0.269 e. The van der Waals surface area contributed by atoms with Gasteiger partial charge in [-0.2, -0.15) is 0 Å². The van der Waals surface area contributed by atoms with Gasteiger partial charge in [-0.15, -0.1) is 0 Å². The maximum atomic E-state index is 11.9. The summed E-state index contributed by atoms with van der Waals surface area (Å²) in [5.41, 5.74) is 0.698. The number of nitro benzene ring substituents is 1. The highest BCUT2D eigenvalue weighted by molar-refractivity contribution is 5.78. The van der Waals surface area contributed by atoms with E-state index in [1.807, 2.05) is 13.8 Å². The summed E-state index contributed by atoms with van der Waals surface area (Å²) >= 11 is 0. The molecule has 0 saturated carbocycles. The van der Waals surface area contributed by atoms with Gasteiger partial charge in [-0.05, 0) is 23.8 Å². The Bertz CT molecular complexity index is 483. The first-order valence-electron chi connectivity index (χ1n) is 6.95. The van der Waals surface area contributed by atoms with Gasteiger partial charge < -0.3 is 10.4 Å². The largest absolute Gasteiger partial charge is 0.396 e. The normalized spacial score (nSPS) is 11.2. The third kappa shape index (κ3) is 6.35. The molecule has 0 aromatic heterocycles. The molecule has 6 nitrogen and oxygen atoms in total. The number of carbonyl (C=O) groups excluding carboxylic acids is 1. The van der Waals surface area contributed by atoms with E-state index in [9.17, 15) is 14.9 Å². The minimum absolute atomic E-state index is 0.0179. The number of aliphatic hydroxyl groups is 1. The van der Waals surface area contributed by atoms with Crippen molar-refractivity contribution in [2.45, 2.75) is 33.1 Å². The molecule has 0 radical (unpaired) electrons. The molecule has 1 rings (SSSR count). The lowest BCUT2D eigenvalue weighted by molar-refractivity contribution is -0.384. The Kier molecular flexibility index (Phi) is 6.30. The average molecular weight is 294 g/mol. The number of nitrogens with one attached hydrogen (secondary N) is 1. The first kappa shape index (κ1) is 17.1. The van der Waals surface area contributed by atoms with Crippen molar-refractivity contribution in [3.05, 3.63) is 39.9 Å². The summed E-state index contributed by atoms with van der Waals surface area (Å²) in [5.74, 6) is -0.110. The van der Waals surface area contributed by atoms with Gasteiger partial charge in [0.05, 0.1) is 11.3 Å². The lowest BCUT2D eigenvalue weighted by atomic mass is 9.88. The molecule has 1 aromatic rings. The molecule has 0 atom stereocenters. The maximum absolute atomic E-state index is 11.9. The van der Waals surface area contributed by atoms with Crippen molar-refractivity contribution >= 4 is 11.6 Å². The van der Waals surface area contributed by atoms with E-state index < -0.39 is 4.92 Å². The van der Waals surface area contributed by atoms with Crippen LogP contribution >= 0.6 is 0 Å². The summed E-state index contributed by atoms with van der Waals surface area (Å²) in [6, 6.07) is 5.98. The molecule has 0 bridgehead atoms. The molecule has 0 aliphatic rings. The molecule has 0 unspecified atom stereocenters. The van der Waals surface area contributed by atoms with Crippen LogP contribution in [-0.4, -0.2) is 29.1 Å². The van der Waals surface area contributed by atoms with Crippen LogP contribution in [0.25, 0.3) is 0 Å². The van der Waals surface area contributed by atoms with Gasteiger partial charge in [0.25, 0.3) is 5.69 Å². The summed E-state index contributed by atoms with van der Waals surface area (Å²) in [6.07, 6.45) is 1.75. The van der Waals surface area contributed by atoms with Crippen LogP contribution in [0.3, 0.4) is 0 Å². The molecule has 0 fully saturated rings. The minimum atomic E-state index is -0.465. The van der Waals surface area contributed by atoms with Gasteiger partial charge >= 0.3 is 0 Å². The zero-order valence-electron chi connectivity index (χ0n) is 12.5. The van der Waals surface area contributed by atoms with E-state index in [2.05, 4.69) is 5.32 Å². The number of nitro groups is 1. The van der Waals surface area contributed by atoms with Crippen LogP contribution in [0.2, 0.25) is 0 Å². The van der Waals surface area contributed by atoms with Crippen LogP contribution < -0.4 is 5.32 Å². The Morgan fingerprint density at radius 3 is 2.48 bits per heavy atom. The number of nitrogens with zero attached hydrogens (tertiary/aromatic N) is 1. The summed E-state index contributed by atoms with van der Waals surface area (Å²) in [6.45, 7) is 4.77. The molecule has 2 N–H and O–H groups in total. The van der Waals surface area contributed by atoms with Crippen LogP contribution in [0.5, 0.6) is 0 Å². The predicted molar refractivity (Wildman–Crippen MR) is 79.9 cm³/mol. The van der Waals surface area contributed by atoms with Crippen molar-refractivity contribution in [2.75, 3.05) is 13.2 Å². The zero-order valence-corrected chi connectivity index (χ0v) is 12.5. The number of benzene rings is 1. The molecule has 6 heteroatoms. The van der Waals surface area contributed by atoms with Crippen LogP contribution in [0.15, 0.2) is 24.3 Å². The number of carbonyl (C=O) groups is 1. The summed E-state index contributed by atoms with van der Waals surface area (Å²) < 4.78 is 0. The van der Waals surface area contributed by atoms with E-state index in [1.165, 1.54) is 12.1 Å². The molecule has 1 aromatic carbocycles. The van der Waals surface area contributed by atoms with Gasteiger partial charge in [-0.1, -0.05) is 26.0 Å². The SMILES string of the molecule is CC(C)(CCCO)CNC(=O)Cc1ccc([N+](=O)[O-])cc1. The van der Waals surface area contributed by atoms with E-state index in [4.69, 9.17) is 5.11 Å². The monoisotopic (exact) mass is 294 g/mol. The first-order chi connectivity index (χ1) is 9.84. The van der Waals surface area contributed by atoms with Crippen molar-refractivity contribution in [3.63, 3.8) is 0 Å². The zero-order chi connectivity index (χ0) is 15.9. The van der Waals surface area contributed by atoms with E-state index in [0.29, 0.717) is 13.0 Å². The third-order valence-electron chi connectivity index (χ3n) is 3.29. The molecule has 0 heterocycles. The van der Waals surface area contributed by atoms with Crippen molar-refractivity contribution in [1.82, 2.24) is 5.32 Å². The summed E-state index contributed by atoms with van der Waals surface area (Å²) in [5, 5.41) is 22.2. The summed E-state index contributed by atoms with van der Waals surface area (Å²) in [7, 11) is 0. The molecule has 1 amide bonds. The van der Waals surface area contributed by atoms with Gasteiger partial charge in [0, 0.05) is 25.3 Å². The molecule has 0 aliphatic carbocycles. The molecular formula is C15H22N2O4.